The maximum atomic E-state index is 13.9. The summed E-state index contributed by atoms with van der Waals surface area (Å²) in [6.07, 6.45) is -3.23. The van der Waals surface area contributed by atoms with Crippen LogP contribution in [-0.4, -0.2) is 51.3 Å². The Balaban J connectivity index is 1.60. The van der Waals surface area contributed by atoms with E-state index in [1.807, 2.05) is 4.90 Å². The Morgan fingerprint density at radius 1 is 0.868 bits per heavy atom. The number of likely N-dealkylation sites (tertiary alicyclic amines) is 1. The van der Waals surface area contributed by atoms with Gasteiger partial charge >= 0.3 is 6.18 Å². The summed E-state index contributed by atoms with van der Waals surface area (Å²) in [5.41, 5.74) is 0.700. The minimum atomic E-state index is -4.40. The number of para-hydroxylation sites is 1. The van der Waals surface area contributed by atoms with E-state index in [0.717, 1.165) is 6.07 Å². The quantitative estimate of drug-likeness (QED) is 0.357. The predicted molar refractivity (Wildman–Crippen MR) is 139 cm³/mol. The smallest absolute Gasteiger partial charge is 0.416 e. The number of carbonyl (C=O) groups is 1. The largest absolute Gasteiger partial charge is 0.496 e. The summed E-state index contributed by atoms with van der Waals surface area (Å²) in [5, 5.41) is 0. The second kappa shape index (κ2) is 11.8. The van der Waals surface area contributed by atoms with Gasteiger partial charge in [-0.25, -0.2) is 0 Å². The van der Waals surface area contributed by atoms with Crippen molar-refractivity contribution < 1.29 is 32.2 Å². The van der Waals surface area contributed by atoms with Crippen LogP contribution in [0.1, 0.15) is 34.3 Å². The zero-order chi connectivity index (χ0) is 27.3. The lowest BCUT2D eigenvalue weighted by molar-refractivity contribution is -0.138. The monoisotopic (exact) mass is 528 g/mol. The van der Waals surface area contributed by atoms with Gasteiger partial charge in [0.25, 0.3) is 5.91 Å². The minimum Gasteiger partial charge on any atom is -0.496 e. The molecule has 1 amide bonds. The van der Waals surface area contributed by atoms with Crippen molar-refractivity contribution in [1.82, 2.24) is 4.90 Å². The van der Waals surface area contributed by atoms with Gasteiger partial charge in [-0.05, 0) is 48.7 Å². The van der Waals surface area contributed by atoms with Crippen LogP contribution in [0.2, 0.25) is 0 Å². The molecule has 202 valence electrons. The Labute approximate surface area is 220 Å². The van der Waals surface area contributed by atoms with E-state index in [2.05, 4.69) is 0 Å². The topological polar surface area (TPSA) is 51.2 Å². The molecule has 1 aliphatic heterocycles. The molecule has 4 rings (SSSR count). The highest BCUT2D eigenvalue weighted by Gasteiger charge is 2.35. The average molecular weight is 529 g/mol. The van der Waals surface area contributed by atoms with Crippen LogP contribution in [0.15, 0.2) is 66.7 Å². The number of methoxy groups -OCH3 is 3. The Bertz CT molecular complexity index is 1260. The predicted octanol–water partition coefficient (Wildman–Crippen LogP) is 6.04. The highest BCUT2D eigenvalue weighted by Crippen LogP contribution is 2.36. The molecule has 0 aliphatic carbocycles. The van der Waals surface area contributed by atoms with Gasteiger partial charge in [0.2, 0.25) is 0 Å². The number of amides is 1. The second-order valence-corrected chi connectivity index (χ2v) is 9.08. The number of alkyl halides is 3. The Morgan fingerprint density at radius 3 is 2.16 bits per heavy atom. The first-order valence-corrected chi connectivity index (χ1v) is 12.3. The molecule has 0 bridgehead atoms. The zero-order valence-corrected chi connectivity index (χ0v) is 21.6. The summed E-state index contributed by atoms with van der Waals surface area (Å²) in [4.78, 5) is 17.7. The third-order valence-electron chi connectivity index (χ3n) is 6.84. The van der Waals surface area contributed by atoms with Gasteiger partial charge < -0.3 is 19.1 Å². The zero-order valence-electron chi connectivity index (χ0n) is 21.6. The van der Waals surface area contributed by atoms with Crippen molar-refractivity contribution in [3.05, 3.63) is 83.4 Å². The maximum absolute atomic E-state index is 13.9. The lowest BCUT2D eigenvalue weighted by atomic mass is 9.99. The molecular weight excluding hydrogens is 497 g/mol. The fraction of sp³-hybridized carbons (Fsp3) is 0.345. The molecule has 3 aromatic carbocycles. The number of carbonyl (C=O) groups excluding carboxylic acids is 1. The first kappa shape index (κ1) is 27.3. The molecule has 0 N–H and O–H groups in total. The lowest BCUT2D eigenvalue weighted by Crippen LogP contribution is -2.47. The van der Waals surface area contributed by atoms with Crippen LogP contribution >= 0.6 is 0 Å². The summed E-state index contributed by atoms with van der Waals surface area (Å²) in [7, 11) is 4.59. The number of rotatable bonds is 8. The Hall–Kier alpha value is -3.72. The summed E-state index contributed by atoms with van der Waals surface area (Å²) in [6.45, 7) is 1.28. The number of piperidine rings is 1. The molecule has 38 heavy (non-hydrogen) atoms. The lowest BCUT2D eigenvalue weighted by Gasteiger charge is -2.39. The van der Waals surface area contributed by atoms with Gasteiger partial charge in [0.05, 0.1) is 32.5 Å². The van der Waals surface area contributed by atoms with Gasteiger partial charge in [0.1, 0.15) is 5.75 Å². The summed E-state index contributed by atoms with van der Waals surface area (Å²) in [5.74, 6) is 1.27. The third-order valence-corrected chi connectivity index (χ3v) is 6.84. The molecule has 0 radical (unpaired) electrons. The van der Waals surface area contributed by atoms with E-state index in [1.165, 1.54) is 26.4 Å². The van der Waals surface area contributed by atoms with Gasteiger partial charge in [-0.1, -0.05) is 30.3 Å². The molecule has 1 heterocycles. The van der Waals surface area contributed by atoms with E-state index in [1.54, 1.807) is 60.5 Å². The molecule has 1 aliphatic rings. The molecule has 0 saturated carbocycles. The molecule has 3 aromatic rings. The highest BCUT2D eigenvalue weighted by molar-refractivity contribution is 6.08. The standard InChI is InChI=1S/C29H31F3N2O4/c1-36-25-11-7-5-9-23(25)28(35)34(22-12-13-26(37-2)27(18-22)38-3)21-14-16-33(17-15-21)19-20-8-4-6-10-24(20)29(30,31)32/h4-13,18,21H,14-17,19H2,1-3H3. The van der Waals surface area contributed by atoms with Crippen molar-refractivity contribution in [2.24, 2.45) is 0 Å². The van der Waals surface area contributed by atoms with E-state index >= 15 is 0 Å². The number of hydrogen-bond acceptors (Lipinski definition) is 5. The molecule has 0 atom stereocenters. The average Bonchev–Trinajstić information content (AvgIpc) is 2.93. The first-order valence-electron chi connectivity index (χ1n) is 12.3. The molecule has 1 saturated heterocycles. The maximum Gasteiger partial charge on any atom is 0.416 e. The summed E-state index contributed by atoms with van der Waals surface area (Å²) in [6, 6.07) is 17.8. The molecule has 6 nitrogen and oxygen atoms in total. The van der Waals surface area contributed by atoms with Crippen molar-refractivity contribution in [3.8, 4) is 17.2 Å². The first-order chi connectivity index (χ1) is 18.3. The van der Waals surface area contributed by atoms with Crippen LogP contribution in [0, 0.1) is 0 Å². The van der Waals surface area contributed by atoms with Crippen molar-refractivity contribution in [2.45, 2.75) is 31.6 Å². The van der Waals surface area contributed by atoms with Crippen LogP contribution in [0.3, 0.4) is 0 Å². The molecule has 0 unspecified atom stereocenters. The number of nitrogens with zero attached hydrogens (tertiary/aromatic N) is 2. The van der Waals surface area contributed by atoms with E-state index in [9.17, 15) is 18.0 Å². The van der Waals surface area contributed by atoms with Crippen molar-refractivity contribution >= 4 is 11.6 Å². The Kier molecular flexibility index (Phi) is 8.46. The van der Waals surface area contributed by atoms with Gasteiger partial charge in [-0.2, -0.15) is 13.2 Å². The van der Waals surface area contributed by atoms with Crippen LogP contribution in [0.5, 0.6) is 17.2 Å². The van der Waals surface area contributed by atoms with Gasteiger partial charge in [0.15, 0.2) is 11.5 Å². The summed E-state index contributed by atoms with van der Waals surface area (Å²) < 4.78 is 56.8. The molecule has 9 heteroatoms. The minimum absolute atomic E-state index is 0.181. The van der Waals surface area contributed by atoms with Crippen LogP contribution < -0.4 is 19.1 Å². The fourth-order valence-corrected chi connectivity index (χ4v) is 4.93. The molecule has 1 fully saturated rings. The Morgan fingerprint density at radius 2 is 1.50 bits per heavy atom. The number of benzene rings is 3. The second-order valence-electron chi connectivity index (χ2n) is 9.08. The van der Waals surface area contributed by atoms with E-state index in [0.29, 0.717) is 54.4 Å². The molecule has 0 spiro atoms. The van der Waals surface area contributed by atoms with Gasteiger partial charge in [0, 0.05) is 37.4 Å². The SMILES string of the molecule is COc1ccc(N(C(=O)c2ccccc2OC)C2CCN(Cc3ccccc3C(F)(F)F)CC2)cc1OC. The number of halogens is 3. The number of ether oxygens (including phenoxy) is 3. The van der Waals surface area contributed by atoms with E-state index in [-0.39, 0.29) is 24.1 Å². The fourth-order valence-electron chi connectivity index (χ4n) is 4.93. The van der Waals surface area contributed by atoms with E-state index in [4.69, 9.17) is 14.2 Å². The van der Waals surface area contributed by atoms with Gasteiger partial charge in [-0.3, -0.25) is 9.69 Å². The van der Waals surface area contributed by atoms with Gasteiger partial charge in [-0.15, -0.1) is 0 Å². The van der Waals surface area contributed by atoms with Crippen LogP contribution in [0.4, 0.5) is 18.9 Å². The number of anilines is 1. The highest BCUT2D eigenvalue weighted by atomic mass is 19.4. The van der Waals surface area contributed by atoms with Crippen LogP contribution in [-0.2, 0) is 12.7 Å². The third kappa shape index (κ3) is 5.88. The van der Waals surface area contributed by atoms with Crippen molar-refractivity contribution in [1.29, 1.82) is 0 Å². The van der Waals surface area contributed by atoms with E-state index < -0.39 is 11.7 Å². The number of hydrogen-bond donors (Lipinski definition) is 0. The molecular formula is C29H31F3N2O4. The van der Waals surface area contributed by atoms with Crippen molar-refractivity contribution in [2.75, 3.05) is 39.3 Å². The normalized spacial score (nSPS) is 14.7. The molecule has 0 aromatic heterocycles. The van der Waals surface area contributed by atoms with Crippen LogP contribution in [0.25, 0.3) is 0 Å². The van der Waals surface area contributed by atoms with Crippen molar-refractivity contribution in [3.63, 3.8) is 0 Å². The summed E-state index contributed by atoms with van der Waals surface area (Å²) >= 11 is 0.